The summed E-state index contributed by atoms with van der Waals surface area (Å²) in [6.45, 7) is 4.56. The normalized spacial score (nSPS) is 27.7. The molecule has 27 heavy (non-hydrogen) atoms. The summed E-state index contributed by atoms with van der Waals surface area (Å²) in [4.78, 5) is 16.7. The van der Waals surface area contributed by atoms with E-state index in [9.17, 15) is 13.6 Å². The lowest BCUT2D eigenvalue weighted by atomic mass is 9.79. The maximum atomic E-state index is 14.6. The molecule has 1 aromatic carbocycles. The van der Waals surface area contributed by atoms with Gasteiger partial charge in [0.05, 0.1) is 12.7 Å². The Labute approximate surface area is 160 Å². The van der Waals surface area contributed by atoms with Gasteiger partial charge in [0.15, 0.2) is 5.17 Å². The van der Waals surface area contributed by atoms with Crippen LogP contribution in [0.25, 0.3) is 0 Å². The minimum Gasteiger partial charge on any atom is -0.444 e. The van der Waals surface area contributed by atoms with Crippen molar-refractivity contribution in [2.75, 3.05) is 24.8 Å². The first kappa shape index (κ1) is 19.9. The van der Waals surface area contributed by atoms with Gasteiger partial charge in [0.1, 0.15) is 23.6 Å². The number of nitrogens with one attached hydrogen (secondary N) is 1. The fraction of sp³-hybridized carbons (Fsp3) is 0.556. The van der Waals surface area contributed by atoms with Crippen molar-refractivity contribution in [2.24, 2.45) is 10.9 Å². The van der Waals surface area contributed by atoms with Crippen LogP contribution in [0.5, 0.6) is 0 Å². The number of nitrogens with zero attached hydrogens (tertiary/aromatic N) is 1. The molecule has 0 radical (unpaired) electrons. The van der Waals surface area contributed by atoms with Crippen LogP contribution in [0, 0.1) is 11.7 Å². The highest BCUT2D eigenvalue weighted by Crippen LogP contribution is 2.48. The van der Waals surface area contributed by atoms with Crippen LogP contribution in [0.4, 0.5) is 19.3 Å². The number of halogens is 2. The molecule has 3 atom stereocenters. The number of rotatable bonds is 2. The van der Waals surface area contributed by atoms with Crippen molar-refractivity contribution in [3.8, 4) is 0 Å². The second-order valence-corrected chi connectivity index (χ2v) is 8.64. The fourth-order valence-electron chi connectivity index (χ4n) is 3.33. The van der Waals surface area contributed by atoms with E-state index in [2.05, 4.69) is 10.3 Å². The van der Waals surface area contributed by atoms with Crippen LogP contribution < -0.4 is 11.1 Å². The second-order valence-electron chi connectivity index (χ2n) is 7.63. The van der Waals surface area contributed by atoms with Crippen molar-refractivity contribution in [2.45, 2.75) is 38.0 Å². The van der Waals surface area contributed by atoms with Gasteiger partial charge in [-0.1, -0.05) is 11.8 Å². The molecule has 0 aliphatic carbocycles. The zero-order valence-corrected chi connectivity index (χ0v) is 16.2. The number of hydrogen-bond donors (Lipinski definition) is 2. The third-order valence-electron chi connectivity index (χ3n) is 4.50. The van der Waals surface area contributed by atoms with E-state index in [1.54, 1.807) is 20.8 Å². The smallest absolute Gasteiger partial charge is 0.413 e. The Morgan fingerprint density at radius 3 is 2.93 bits per heavy atom. The van der Waals surface area contributed by atoms with Crippen molar-refractivity contribution in [1.82, 2.24) is 5.32 Å². The van der Waals surface area contributed by atoms with E-state index in [0.29, 0.717) is 11.4 Å². The maximum absolute atomic E-state index is 14.6. The molecule has 9 heteroatoms. The number of fused-ring (bicyclic) bond motifs is 1. The van der Waals surface area contributed by atoms with E-state index in [4.69, 9.17) is 15.2 Å². The van der Waals surface area contributed by atoms with E-state index < -0.39 is 35.8 Å². The summed E-state index contributed by atoms with van der Waals surface area (Å²) in [5, 5.41) is 2.88. The monoisotopic (exact) mass is 399 g/mol. The number of carbonyl (C=O) groups is 1. The highest BCUT2D eigenvalue weighted by Gasteiger charge is 2.54. The Hall–Kier alpha value is -1.87. The molecule has 1 unspecified atom stereocenters. The number of nitrogen functional groups attached to an aromatic ring is 1. The number of hydrogen-bond acceptors (Lipinski definition) is 6. The zero-order chi connectivity index (χ0) is 19.8. The number of alkyl halides is 1. The second kappa shape index (κ2) is 7.27. The van der Waals surface area contributed by atoms with Crippen molar-refractivity contribution in [3.63, 3.8) is 0 Å². The summed E-state index contributed by atoms with van der Waals surface area (Å²) in [5.41, 5.74) is 4.64. The van der Waals surface area contributed by atoms with Crippen LogP contribution in [-0.4, -0.2) is 42.0 Å². The van der Waals surface area contributed by atoms with Gasteiger partial charge < -0.3 is 15.2 Å². The van der Waals surface area contributed by atoms with Gasteiger partial charge in [-0.3, -0.25) is 5.32 Å². The molecule has 1 amide bonds. The van der Waals surface area contributed by atoms with E-state index in [0.717, 1.165) is 0 Å². The highest BCUT2D eigenvalue weighted by molar-refractivity contribution is 8.13. The summed E-state index contributed by atoms with van der Waals surface area (Å²) < 4.78 is 38.9. The van der Waals surface area contributed by atoms with Gasteiger partial charge in [-0.15, -0.1) is 0 Å². The quantitative estimate of drug-likeness (QED) is 0.746. The summed E-state index contributed by atoms with van der Waals surface area (Å²) in [5.74, 6) is -0.463. The lowest BCUT2D eigenvalue weighted by Gasteiger charge is -2.36. The Kier molecular flexibility index (Phi) is 5.36. The lowest BCUT2D eigenvalue weighted by Crippen LogP contribution is -2.45. The molecule has 1 saturated heterocycles. The van der Waals surface area contributed by atoms with Gasteiger partial charge in [0.25, 0.3) is 0 Å². The number of alkyl carbamates (subject to hydrolysis) is 1. The molecule has 0 bridgehead atoms. The van der Waals surface area contributed by atoms with Gasteiger partial charge >= 0.3 is 6.09 Å². The van der Waals surface area contributed by atoms with Crippen LogP contribution >= 0.6 is 11.8 Å². The van der Waals surface area contributed by atoms with Crippen molar-refractivity contribution < 1.29 is 23.0 Å². The predicted octanol–water partition coefficient (Wildman–Crippen LogP) is 3.22. The topological polar surface area (TPSA) is 85.9 Å². The van der Waals surface area contributed by atoms with Gasteiger partial charge in [0.2, 0.25) is 0 Å². The van der Waals surface area contributed by atoms with Gasteiger partial charge in [-0.2, -0.15) is 0 Å². The van der Waals surface area contributed by atoms with Crippen molar-refractivity contribution >= 4 is 28.7 Å². The molecular weight excluding hydrogens is 376 g/mol. The largest absolute Gasteiger partial charge is 0.444 e. The Morgan fingerprint density at radius 1 is 1.52 bits per heavy atom. The Bertz CT molecular complexity index is 769. The zero-order valence-electron chi connectivity index (χ0n) is 15.4. The van der Waals surface area contributed by atoms with Crippen LogP contribution in [0.3, 0.4) is 0 Å². The SMILES string of the molecule is CC(C)(C)OC(=O)NC1=N[C@@]2(c3cc(N)ccc3F)COC(CF)[C@H]2CS1. The van der Waals surface area contributed by atoms with Gasteiger partial charge in [-0.25, -0.2) is 18.6 Å². The van der Waals surface area contributed by atoms with Crippen LogP contribution in [-0.2, 0) is 15.0 Å². The highest BCUT2D eigenvalue weighted by atomic mass is 32.2. The molecule has 1 fully saturated rings. The average molecular weight is 399 g/mol. The third kappa shape index (κ3) is 4.03. The summed E-state index contributed by atoms with van der Waals surface area (Å²) in [7, 11) is 0. The predicted molar refractivity (Wildman–Crippen MR) is 101 cm³/mol. The molecule has 2 heterocycles. The maximum Gasteiger partial charge on any atom is 0.413 e. The summed E-state index contributed by atoms with van der Waals surface area (Å²) >= 11 is 1.25. The lowest BCUT2D eigenvalue weighted by molar-refractivity contribution is 0.0564. The van der Waals surface area contributed by atoms with Crippen LogP contribution in [0.2, 0.25) is 0 Å². The molecule has 0 aromatic heterocycles. The minimum atomic E-state index is -1.15. The molecule has 1 aromatic rings. The number of amidine groups is 1. The summed E-state index contributed by atoms with van der Waals surface area (Å²) in [6, 6.07) is 4.21. The van der Waals surface area contributed by atoms with Crippen molar-refractivity contribution in [1.29, 1.82) is 0 Å². The first-order chi connectivity index (χ1) is 12.6. The molecule has 2 aliphatic rings. The molecule has 2 aliphatic heterocycles. The molecule has 0 saturated carbocycles. The first-order valence-corrected chi connectivity index (χ1v) is 9.59. The van der Waals surface area contributed by atoms with Crippen LogP contribution in [0.1, 0.15) is 26.3 Å². The summed E-state index contributed by atoms with van der Waals surface area (Å²) in [6.07, 6.45) is -1.35. The number of thioether (sulfide) groups is 1. The van der Waals surface area contributed by atoms with E-state index in [1.807, 2.05) is 0 Å². The van der Waals surface area contributed by atoms with Gasteiger partial charge in [-0.05, 0) is 39.0 Å². The molecule has 6 nitrogen and oxygen atoms in total. The molecule has 0 spiro atoms. The molecule has 3 N–H and O–H groups in total. The first-order valence-electron chi connectivity index (χ1n) is 8.60. The third-order valence-corrected chi connectivity index (χ3v) is 5.49. The van der Waals surface area contributed by atoms with E-state index >= 15 is 0 Å². The Morgan fingerprint density at radius 2 is 2.26 bits per heavy atom. The minimum absolute atomic E-state index is 0.00663. The van der Waals surface area contributed by atoms with E-state index in [-0.39, 0.29) is 23.3 Å². The number of aliphatic imine (C=N–C) groups is 1. The van der Waals surface area contributed by atoms with Crippen molar-refractivity contribution in [3.05, 3.63) is 29.6 Å². The van der Waals surface area contributed by atoms with E-state index in [1.165, 1.54) is 30.0 Å². The standard InChI is InChI=1S/C18H23F2N3O3S/c1-17(2,3)26-16(24)22-15-23-18(11-6-10(21)4-5-13(11)20)9-25-14(7-19)12(18)8-27-15/h4-6,12,14H,7-9,21H2,1-3H3,(H,22,23,24)/t12-,14?,18-/m1/s1. The number of anilines is 1. The number of ether oxygens (including phenoxy) is 2. The Balaban J connectivity index is 1.98. The van der Waals surface area contributed by atoms with Crippen LogP contribution in [0.15, 0.2) is 23.2 Å². The average Bonchev–Trinajstić information content (AvgIpc) is 2.94. The molecule has 148 valence electrons. The molecular formula is C18H23F2N3O3S. The number of amides is 1. The molecule has 3 rings (SSSR count). The number of nitrogens with two attached hydrogens (primary N) is 1. The van der Waals surface area contributed by atoms with Gasteiger partial charge in [0, 0.05) is 22.9 Å². The number of benzene rings is 1. The number of carbonyl (C=O) groups excluding carboxylic acids is 1. The fourth-order valence-corrected chi connectivity index (χ4v) is 4.54.